The molecule has 1 saturated carbocycles. The van der Waals surface area contributed by atoms with Crippen molar-refractivity contribution >= 4 is 22.8 Å². The van der Waals surface area contributed by atoms with Crippen LogP contribution in [0, 0.1) is 5.92 Å². The molecule has 0 bridgehead atoms. The molecule has 2 aromatic rings. The third-order valence-electron chi connectivity index (χ3n) is 7.01. The van der Waals surface area contributed by atoms with E-state index in [4.69, 9.17) is 9.72 Å². The number of nitrogens with zero attached hydrogens (tertiary/aromatic N) is 2. The Hall–Kier alpha value is -2.43. The highest BCUT2D eigenvalue weighted by molar-refractivity contribution is 6.05. The van der Waals surface area contributed by atoms with E-state index >= 15 is 0 Å². The molecule has 1 aromatic heterocycles. The SMILES string of the molecule is O=C(OCC(=O)N1CCC[C@@H]2CCCC[C@@H]21)c1c2c(nc3ccccc13)CCC2. The molecule has 5 rings (SSSR count). The summed E-state index contributed by atoms with van der Waals surface area (Å²) in [7, 11) is 0. The van der Waals surface area contributed by atoms with Gasteiger partial charge in [0.15, 0.2) is 6.61 Å². The highest BCUT2D eigenvalue weighted by Crippen LogP contribution is 2.35. The van der Waals surface area contributed by atoms with Crippen LogP contribution in [0.2, 0.25) is 0 Å². The van der Waals surface area contributed by atoms with E-state index in [1.54, 1.807) is 0 Å². The number of esters is 1. The average Bonchev–Trinajstić information content (AvgIpc) is 3.23. The Morgan fingerprint density at radius 2 is 1.86 bits per heavy atom. The van der Waals surface area contributed by atoms with E-state index < -0.39 is 0 Å². The first kappa shape index (κ1) is 18.6. The van der Waals surface area contributed by atoms with Crippen molar-refractivity contribution in [2.45, 2.75) is 63.8 Å². The molecule has 0 unspecified atom stereocenters. The van der Waals surface area contributed by atoms with Gasteiger partial charge >= 0.3 is 5.97 Å². The van der Waals surface area contributed by atoms with Crippen molar-refractivity contribution in [3.8, 4) is 0 Å². The van der Waals surface area contributed by atoms with Crippen LogP contribution in [0.1, 0.15) is 66.6 Å². The van der Waals surface area contributed by atoms with Crippen molar-refractivity contribution in [2.24, 2.45) is 5.92 Å². The summed E-state index contributed by atoms with van der Waals surface area (Å²) in [5.74, 6) is 0.210. The summed E-state index contributed by atoms with van der Waals surface area (Å²) < 4.78 is 5.60. The van der Waals surface area contributed by atoms with E-state index in [9.17, 15) is 9.59 Å². The molecule has 5 heteroatoms. The summed E-state index contributed by atoms with van der Waals surface area (Å²) >= 11 is 0. The first-order valence-corrected chi connectivity index (χ1v) is 11.1. The van der Waals surface area contributed by atoms with Gasteiger partial charge in [-0.1, -0.05) is 31.0 Å². The van der Waals surface area contributed by atoms with Gasteiger partial charge in [-0.3, -0.25) is 9.78 Å². The standard InChI is InChI=1S/C24H28N2O3/c27-22(26-14-6-8-16-7-1-4-13-21(16)26)15-29-24(28)23-17-9-2-3-11-19(17)25-20-12-5-10-18(20)23/h2-3,9,11,16,21H,1,4-8,10,12-15H2/t16-,21-/m0/s1. The topological polar surface area (TPSA) is 59.5 Å². The molecule has 1 aliphatic heterocycles. The van der Waals surface area contributed by atoms with E-state index in [0.717, 1.165) is 60.8 Å². The lowest BCUT2D eigenvalue weighted by Crippen LogP contribution is -2.50. The second-order valence-electron chi connectivity index (χ2n) is 8.70. The summed E-state index contributed by atoms with van der Waals surface area (Å²) in [5.41, 5.74) is 3.45. The zero-order chi connectivity index (χ0) is 19.8. The number of carbonyl (C=O) groups excluding carboxylic acids is 2. The molecule has 5 nitrogen and oxygen atoms in total. The lowest BCUT2D eigenvalue weighted by Gasteiger charge is -2.44. The molecule has 2 heterocycles. The number of para-hydroxylation sites is 1. The highest BCUT2D eigenvalue weighted by Gasteiger charge is 2.36. The number of pyridine rings is 1. The van der Waals surface area contributed by atoms with Crippen molar-refractivity contribution in [3.63, 3.8) is 0 Å². The van der Waals surface area contributed by atoms with Crippen LogP contribution >= 0.6 is 0 Å². The Morgan fingerprint density at radius 3 is 2.79 bits per heavy atom. The number of hydrogen-bond donors (Lipinski definition) is 0. The molecule has 1 saturated heterocycles. The van der Waals surface area contributed by atoms with Gasteiger partial charge in [0.25, 0.3) is 5.91 Å². The van der Waals surface area contributed by atoms with Gasteiger partial charge in [-0.05, 0) is 62.5 Å². The molecule has 0 spiro atoms. The zero-order valence-electron chi connectivity index (χ0n) is 16.9. The predicted molar refractivity (Wildman–Crippen MR) is 111 cm³/mol. The van der Waals surface area contributed by atoms with Crippen LogP contribution in [0.15, 0.2) is 24.3 Å². The summed E-state index contributed by atoms with van der Waals surface area (Å²) in [5, 5.41) is 0.830. The number of hydrogen-bond acceptors (Lipinski definition) is 4. The lowest BCUT2D eigenvalue weighted by molar-refractivity contribution is -0.140. The fraction of sp³-hybridized carbons (Fsp3) is 0.542. The molecular formula is C24H28N2O3. The van der Waals surface area contributed by atoms with Crippen molar-refractivity contribution in [2.75, 3.05) is 13.2 Å². The van der Waals surface area contributed by atoms with Crippen molar-refractivity contribution < 1.29 is 14.3 Å². The first-order chi connectivity index (χ1) is 14.2. The molecule has 1 amide bonds. The summed E-state index contributed by atoms with van der Waals surface area (Å²) in [6, 6.07) is 8.06. The molecule has 0 radical (unpaired) electrons. The minimum atomic E-state index is -0.382. The largest absolute Gasteiger partial charge is 0.452 e. The van der Waals surface area contributed by atoms with Crippen molar-refractivity contribution in [1.82, 2.24) is 9.88 Å². The Bertz CT molecular complexity index is 953. The maximum atomic E-state index is 13.1. The quantitative estimate of drug-likeness (QED) is 0.739. The van der Waals surface area contributed by atoms with Gasteiger partial charge in [-0.2, -0.15) is 0 Å². The van der Waals surface area contributed by atoms with Crippen LogP contribution in [0.5, 0.6) is 0 Å². The monoisotopic (exact) mass is 392 g/mol. The molecule has 3 aliphatic rings. The summed E-state index contributed by atoms with van der Waals surface area (Å²) in [6.45, 7) is 0.638. The molecule has 0 N–H and O–H groups in total. The summed E-state index contributed by atoms with van der Waals surface area (Å²) in [6.07, 6.45) is 9.83. The van der Waals surface area contributed by atoms with E-state index in [1.807, 2.05) is 29.2 Å². The first-order valence-electron chi connectivity index (χ1n) is 11.1. The van der Waals surface area contributed by atoms with Crippen LogP contribution in [0.4, 0.5) is 0 Å². The Kier molecular flexibility index (Phi) is 4.98. The van der Waals surface area contributed by atoms with Crippen LogP contribution in [0.25, 0.3) is 10.9 Å². The maximum Gasteiger partial charge on any atom is 0.339 e. The minimum Gasteiger partial charge on any atom is -0.452 e. The molecular weight excluding hydrogens is 364 g/mol. The number of aryl methyl sites for hydroxylation is 1. The van der Waals surface area contributed by atoms with Crippen LogP contribution in [0.3, 0.4) is 0 Å². The van der Waals surface area contributed by atoms with Gasteiger partial charge in [-0.25, -0.2) is 4.79 Å². The second kappa shape index (κ2) is 7.77. The van der Waals surface area contributed by atoms with Gasteiger partial charge < -0.3 is 9.64 Å². The maximum absolute atomic E-state index is 13.1. The average molecular weight is 392 g/mol. The Balaban J connectivity index is 1.34. The van der Waals surface area contributed by atoms with Crippen LogP contribution < -0.4 is 0 Å². The molecule has 1 aromatic carbocycles. The second-order valence-corrected chi connectivity index (χ2v) is 8.70. The Morgan fingerprint density at radius 1 is 1.03 bits per heavy atom. The molecule has 29 heavy (non-hydrogen) atoms. The van der Waals surface area contributed by atoms with E-state index in [2.05, 4.69) is 0 Å². The highest BCUT2D eigenvalue weighted by atomic mass is 16.5. The predicted octanol–water partition coefficient (Wildman–Crippen LogP) is 4.06. The van der Waals surface area contributed by atoms with Gasteiger partial charge in [0.05, 0.1) is 11.1 Å². The van der Waals surface area contributed by atoms with Gasteiger partial charge in [-0.15, -0.1) is 0 Å². The molecule has 2 fully saturated rings. The molecule has 152 valence electrons. The van der Waals surface area contributed by atoms with Gasteiger partial charge in [0.2, 0.25) is 0 Å². The summed E-state index contributed by atoms with van der Waals surface area (Å²) in [4.78, 5) is 32.7. The fourth-order valence-electron chi connectivity index (χ4n) is 5.66. The van der Waals surface area contributed by atoms with E-state index in [-0.39, 0.29) is 18.5 Å². The van der Waals surface area contributed by atoms with E-state index in [1.165, 1.54) is 25.7 Å². The minimum absolute atomic E-state index is 0.0371. The number of piperidine rings is 1. The van der Waals surface area contributed by atoms with Gasteiger partial charge in [0.1, 0.15) is 0 Å². The van der Waals surface area contributed by atoms with Crippen molar-refractivity contribution in [1.29, 1.82) is 0 Å². The van der Waals surface area contributed by atoms with Crippen LogP contribution in [-0.4, -0.2) is 41.0 Å². The number of carbonyl (C=O) groups is 2. The molecule has 2 aliphatic carbocycles. The van der Waals surface area contributed by atoms with Crippen molar-refractivity contribution in [3.05, 3.63) is 41.1 Å². The van der Waals surface area contributed by atoms with E-state index in [0.29, 0.717) is 17.5 Å². The number of benzene rings is 1. The third-order valence-corrected chi connectivity index (χ3v) is 7.01. The number of rotatable bonds is 3. The number of ether oxygens (including phenoxy) is 1. The Labute approximate surface area is 171 Å². The smallest absolute Gasteiger partial charge is 0.339 e. The number of amides is 1. The number of likely N-dealkylation sites (tertiary alicyclic amines) is 1. The fourth-order valence-corrected chi connectivity index (χ4v) is 5.66. The zero-order valence-corrected chi connectivity index (χ0v) is 16.9. The lowest BCUT2D eigenvalue weighted by atomic mass is 9.78. The third kappa shape index (κ3) is 3.41. The number of fused-ring (bicyclic) bond motifs is 3. The van der Waals surface area contributed by atoms with Crippen LogP contribution in [-0.2, 0) is 22.4 Å². The normalized spacial score (nSPS) is 23.5. The molecule has 2 atom stereocenters. The van der Waals surface area contributed by atoms with Gasteiger partial charge in [0, 0.05) is 23.7 Å². The number of aromatic nitrogens is 1.